The minimum Gasteiger partial charge on any atom is -0.323 e. The Bertz CT molecular complexity index is 342. The van der Waals surface area contributed by atoms with E-state index in [1.54, 1.807) is 0 Å². The third-order valence-corrected chi connectivity index (χ3v) is 5.43. The molecule has 1 heterocycles. The van der Waals surface area contributed by atoms with E-state index in [0.29, 0.717) is 17.9 Å². The Morgan fingerprint density at radius 2 is 2.05 bits per heavy atom. The summed E-state index contributed by atoms with van der Waals surface area (Å²) < 4.78 is 0. The predicted octanol–water partition coefficient (Wildman–Crippen LogP) is 3.93. The zero-order valence-electron chi connectivity index (χ0n) is 14.4. The van der Waals surface area contributed by atoms with Crippen LogP contribution in [0.3, 0.4) is 0 Å². The fourth-order valence-corrected chi connectivity index (χ4v) is 4.10. The Morgan fingerprint density at radius 1 is 1.29 bits per heavy atom. The van der Waals surface area contributed by atoms with Gasteiger partial charge in [0.15, 0.2) is 0 Å². The number of rotatable bonds is 6. The molecule has 0 aromatic carbocycles. The smallest absolute Gasteiger partial charge is 0.241 e. The standard InChI is InChI=1S/C18H34N2O/c1-5-7-11-16-18(21)20(17(19-16)13(3)4)15-10-8-9-14(6-2)12-15/h13-17,19H,5-12H2,1-4H3. The zero-order valence-corrected chi connectivity index (χ0v) is 14.4. The molecule has 1 N–H and O–H groups in total. The van der Waals surface area contributed by atoms with Crippen molar-refractivity contribution in [3.63, 3.8) is 0 Å². The van der Waals surface area contributed by atoms with E-state index in [1.165, 1.54) is 38.5 Å². The lowest BCUT2D eigenvalue weighted by Gasteiger charge is -2.39. The minimum atomic E-state index is 0.0688. The molecule has 3 nitrogen and oxygen atoms in total. The third-order valence-electron chi connectivity index (χ3n) is 5.43. The van der Waals surface area contributed by atoms with Gasteiger partial charge in [-0.15, -0.1) is 0 Å². The van der Waals surface area contributed by atoms with Gasteiger partial charge < -0.3 is 4.90 Å². The fraction of sp³-hybridized carbons (Fsp3) is 0.944. The lowest BCUT2D eigenvalue weighted by atomic mass is 9.83. The van der Waals surface area contributed by atoms with Crippen molar-refractivity contribution in [1.29, 1.82) is 0 Å². The molecule has 0 aromatic rings. The van der Waals surface area contributed by atoms with E-state index in [4.69, 9.17) is 0 Å². The van der Waals surface area contributed by atoms with Crippen molar-refractivity contribution in [3.8, 4) is 0 Å². The summed E-state index contributed by atoms with van der Waals surface area (Å²) in [4.78, 5) is 15.1. The van der Waals surface area contributed by atoms with Crippen molar-refractivity contribution in [3.05, 3.63) is 0 Å². The molecule has 2 rings (SSSR count). The normalized spacial score (nSPS) is 34.0. The van der Waals surface area contributed by atoms with Crippen molar-refractivity contribution < 1.29 is 4.79 Å². The topological polar surface area (TPSA) is 32.3 Å². The van der Waals surface area contributed by atoms with Crippen molar-refractivity contribution >= 4 is 5.91 Å². The maximum atomic E-state index is 12.9. The van der Waals surface area contributed by atoms with Crippen LogP contribution >= 0.6 is 0 Å². The Morgan fingerprint density at radius 3 is 2.67 bits per heavy atom. The first-order chi connectivity index (χ1) is 10.1. The van der Waals surface area contributed by atoms with E-state index in [2.05, 4.69) is 37.9 Å². The van der Waals surface area contributed by atoms with Gasteiger partial charge in [-0.05, 0) is 31.1 Å². The highest BCUT2D eigenvalue weighted by Crippen LogP contribution is 2.34. The molecule has 1 saturated carbocycles. The molecule has 2 aliphatic rings. The molecular weight excluding hydrogens is 260 g/mol. The van der Waals surface area contributed by atoms with Crippen LogP contribution in [0.15, 0.2) is 0 Å². The highest BCUT2D eigenvalue weighted by atomic mass is 16.2. The summed E-state index contributed by atoms with van der Waals surface area (Å²) in [6, 6.07) is 0.544. The first-order valence-electron chi connectivity index (χ1n) is 9.16. The average molecular weight is 294 g/mol. The summed E-state index contributed by atoms with van der Waals surface area (Å²) >= 11 is 0. The molecule has 0 aromatic heterocycles. The van der Waals surface area contributed by atoms with E-state index in [-0.39, 0.29) is 12.2 Å². The first-order valence-corrected chi connectivity index (χ1v) is 9.16. The van der Waals surface area contributed by atoms with Crippen molar-refractivity contribution in [1.82, 2.24) is 10.2 Å². The maximum absolute atomic E-state index is 12.9. The van der Waals surface area contributed by atoms with Crippen LogP contribution in [0, 0.1) is 11.8 Å². The maximum Gasteiger partial charge on any atom is 0.241 e. The first kappa shape index (κ1) is 16.8. The molecule has 0 spiro atoms. The quantitative estimate of drug-likeness (QED) is 0.805. The largest absolute Gasteiger partial charge is 0.323 e. The van der Waals surface area contributed by atoms with Gasteiger partial charge >= 0.3 is 0 Å². The van der Waals surface area contributed by atoms with Gasteiger partial charge in [0, 0.05) is 6.04 Å². The minimum absolute atomic E-state index is 0.0688. The third kappa shape index (κ3) is 3.80. The summed E-state index contributed by atoms with van der Waals surface area (Å²) in [5, 5.41) is 3.63. The lowest BCUT2D eigenvalue weighted by molar-refractivity contribution is -0.134. The number of nitrogens with one attached hydrogen (secondary N) is 1. The van der Waals surface area contributed by atoms with Crippen LogP contribution in [0.2, 0.25) is 0 Å². The molecule has 4 unspecified atom stereocenters. The zero-order chi connectivity index (χ0) is 15.4. The number of hydrogen-bond acceptors (Lipinski definition) is 2. The number of carbonyl (C=O) groups is 1. The summed E-state index contributed by atoms with van der Waals surface area (Å²) in [5.74, 6) is 1.69. The molecule has 2 fully saturated rings. The molecule has 1 amide bonds. The molecular formula is C18H34N2O. The van der Waals surface area contributed by atoms with Crippen LogP contribution in [0.5, 0.6) is 0 Å². The van der Waals surface area contributed by atoms with Gasteiger partial charge in [-0.25, -0.2) is 0 Å². The Labute approximate surface area is 130 Å². The summed E-state index contributed by atoms with van der Waals surface area (Å²) in [6.07, 6.45) is 9.88. The molecule has 21 heavy (non-hydrogen) atoms. The lowest BCUT2D eigenvalue weighted by Crippen LogP contribution is -2.48. The molecule has 1 aliphatic carbocycles. The fourth-order valence-electron chi connectivity index (χ4n) is 4.10. The monoisotopic (exact) mass is 294 g/mol. The van der Waals surface area contributed by atoms with Crippen molar-refractivity contribution in [2.45, 2.75) is 97.3 Å². The molecule has 3 heteroatoms. The van der Waals surface area contributed by atoms with Crippen LogP contribution in [0.1, 0.15) is 79.1 Å². The summed E-state index contributed by atoms with van der Waals surface area (Å²) in [6.45, 7) is 8.96. The Hall–Kier alpha value is -0.570. The van der Waals surface area contributed by atoms with E-state index < -0.39 is 0 Å². The highest BCUT2D eigenvalue weighted by molar-refractivity contribution is 5.84. The van der Waals surface area contributed by atoms with Crippen molar-refractivity contribution in [2.75, 3.05) is 0 Å². The van der Waals surface area contributed by atoms with Gasteiger partial charge in [0.25, 0.3) is 0 Å². The average Bonchev–Trinajstić information content (AvgIpc) is 2.82. The molecule has 4 atom stereocenters. The van der Waals surface area contributed by atoms with Crippen LogP contribution in [-0.2, 0) is 4.79 Å². The number of unbranched alkanes of at least 4 members (excludes halogenated alkanes) is 1. The molecule has 1 saturated heterocycles. The number of amides is 1. The second kappa shape index (κ2) is 7.62. The van der Waals surface area contributed by atoms with E-state index in [9.17, 15) is 4.79 Å². The van der Waals surface area contributed by atoms with Gasteiger partial charge in [0.2, 0.25) is 5.91 Å². The molecule has 0 bridgehead atoms. The van der Waals surface area contributed by atoms with Gasteiger partial charge in [-0.1, -0.05) is 59.8 Å². The molecule has 0 radical (unpaired) electrons. The van der Waals surface area contributed by atoms with Crippen LogP contribution in [-0.4, -0.2) is 29.1 Å². The SMILES string of the molecule is CCCCC1NC(C(C)C)N(C2CCCC(CC)C2)C1=O. The number of nitrogens with zero attached hydrogens (tertiary/aromatic N) is 1. The van der Waals surface area contributed by atoms with Gasteiger partial charge in [-0.2, -0.15) is 0 Å². The highest BCUT2D eigenvalue weighted by Gasteiger charge is 2.44. The van der Waals surface area contributed by atoms with Gasteiger partial charge in [0.05, 0.1) is 12.2 Å². The second-order valence-corrected chi connectivity index (χ2v) is 7.39. The summed E-state index contributed by atoms with van der Waals surface area (Å²) in [5.41, 5.74) is 0. The van der Waals surface area contributed by atoms with Crippen LogP contribution in [0.25, 0.3) is 0 Å². The molecule has 1 aliphatic heterocycles. The Kier molecular flexibility index (Phi) is 6.09. The van der Waals surface area contributed by atoms with Crippen LogP contribution < -0.4 is 5.32 Å². The van der Waals surface area contributed by atoms with Crippen LogP contribution in [0.4, 0.5) is 0 Å². The van der Waals surface area contributed by atoms with E-state index >= 15 is 0 Å². The van der Waals surface area contributed by atoms with E-state index in [1.807, 2.05) is 0 Å². The van der Waals surface area contributed by atoms with Gasteiger partial charge in [-0.3, -0.25) is 10.1 Å². The van der Waals surface area contributed by atoms with Gasteiger partial charge in [0.1, 0.15) is 0 Å². The van der Waals surface area contributed by atoms with E-state index in [0.717, 1.165) is 18.8 Å². The predicted molar refractivity (Wildman–Crippen MR) is 88.0 cm³/mol. The Balaban J connectivity index is 2.08. The molecule has 122 valence electrons. The second-order valence-electron chi connectivity index (χ2n) is 7.39. The number of carbonyl (C=O) groups excluding carboxylic acids is 1. The number of hydrogen-bond donors (Lipinski definition) is 1. The van der Waals surface area contributed by atoms with Crippen molar-refractivity contribution in [2.24, 2.45) is 11.8 Å². The summed E-state index contributed by atoms with van der Waals surface area (Å²) in [7, 11) is 0.